The molecule has 9 nitrogen and oxygen atoms in total. The number of esters is 2. The predicted octanol–water partition coefficient (Wildman–Crippen LogP) is 24.3. The molecule has 0 saturated heterocycles. The van der Waals surface area contributed by atoms with Crippen molar-refractivity contribution < 1.29 is 42.1 Å². The summed E-state index contributed by atoms with van der Waals surface area (Å²) in [6.45, 7) is 4.36. The minimum absolute atomic E-state index is 0.0288. The molecule has 2 atom stereocenters. The third-order valence-corrected chi connectivity index (χ3v) is 17.1. The summed E-state index contributed by atoms with van der Waals surface area (Å²) < 4.78 is 34.8. The van der Waals surface area contributed by atoms with Crippen LogP contribution in [0.25, 0.3) is 0 Å². The van der Waals surface area contributed by atoms with Crippen LogP contribution >= 0.6 is 7.82 Å². The number of phosphoric ester groups is 1. The lowest BCUT2D eigenvalue weighted by molar-refractivity contribution is -0.870. The monoisotopic (exact) mass is 1250 g/mol. The van der Waals surface area contributed by atoms with Crippen molar-refractivity contribution in [1.82, 2.24) is 0 Å². The smallest absolute Gasteiger partial charge is 0.462 e. The standard InChI is InChI=1S/C78H140NO8P/c1-6-8-10-12-14-16-18-20-22-24-26-28-30-32-34-36-37-38-39-40-41-43-45-47-49-51-53-55-57-59-61-63-65-67-69-71-78(81)87-76(75-86-88(82,83)85-73-72-79(3,4)5)74-84-77(80)70-68-66-64-62-60-58-56-54-52-50-48-46-44-42-35-33-31-29-27-25-23-21-19-17-15-13-11-9-7-2/h8,10,14,16,20,22,26,28,32,34,37-38,40-41,45,47,76H,6-7,9,11-13,15,17-19,21,23-25,27,29-31,33,35-36,39,42-44,46,48-75H2,1-5H3/p+1/b10-8-,16-14-,22-20-,28-26-,34-32-,38-37-,41-40-,47-45-. The Hall–Kier alpha value is -3.07. The average molecular weight is 1250 g/mol. The molecule has 510 valence electrons. The van der Waals surface area contributed by atoms with Crippen LogP contribution in [-0.2, 0) is 32.7 Å². The summed E-state index contributed by atoms with van der Waals surface area (Å²) in [4.78, 5) is 35.9. The van der Waals surface area contributed by atoms with Gasteiger partial charge in [-0.15, -0.1) is 0 Å². The van der Waals surface area contributed by atoms with Gasteiger partial charge in [0, 0.05) is 12.8 Å². The minimum Gasteiger partial charge on any atom is -0.462 e. The van der Waals surface area contributed by atoms with Crippen LogP contribution in [0.3, 0.4) is 0 Å². The molecular weight excluding hydrogens is 1110 g/mol. The number of quaternary nitrogens is 1. The Bertz CT molecular complexity index is 1810. The van der Waals surface area contributed by atoms with E-state index in [9.17, 15) is 19.0 Å². The summed E-state index contributed by atoms with van der Waals surface area (Å²) in [5, 5.41) is 0. The molecule has 0 fully saturated rings. The number of hydrogen-bond donors (Lipinski definition) is 1. The van der Waals surface area contributed by atoms with Crippen molar-refractivity contribution in [3.8, 4) is 0 Å². The normalized spacial score (nSPS) is 13.7. The molecule has 0 spiro atoms. The SMILES string of the molecule is CC/C=C\C/C=C\C/C=C\C/C=C\C/C=C\C/C=C\C/C=C\C/C=C\CCCCCCCCCCCCC(=O)OC(COC(=O)CCCCCCCCCCCCCCCCCCCCCCCCCCCCCCC)COP(=O)(O)OCC[N+](C)(C)C. The minimum atomic E-state index is -4.40. The molecule has 0 aliphatic carbocycles. The highest BCUT2D eigenvalue weighted by molar-refractivity contribution is 7.47. The van der Waals surface area contributed by atoms with Crippen LogP contribution in [0, 0.1) is 0 Å². The lowest BCUT2D eigenvalue weighted by atomic mass is 10.0. The molecule has 2 unspecified atom stereocenters. The number of phosphoric acid groups is 1. The zero-order valence-electron chi connectivity index (χ0n) is 58.2. The van der Waals surface area contributed by atoms with Crippen LogP contribution < -0.4 is 0 Å². The fourth-order valence-electron chi connectivity index (χ4n) is 10.5. The first-order valence-electron chi connectivity index (χ1n) is 37.0. The van der Waals surface area contributed by atoms with E-state index in [4.69, 9.17) is 18.5 Å². The molecule has 0 amide bonds. The highest BCUT2D eigenvalue weighted by Crippen LogP contribution is 2.43. The van der Waals surface area contributed by atoms with E-state index >= 15 is 0 Å². The van der Waals surface area contributed by atoms with Gasteiger partial charge in [-0.2, -0.15) is 0 Å². The molecule has 0 heterocycles. The van der Waals surface area contributed by atoms with Gasteiger partial charge in [0.2, 0.25) is 0 Å². The number of nitrogens with zero attached hydrogens (tertiary/aromatic N) is 1. The number of carbonyl (C=O) groups is 2. The maximum Gasteiger partial charge on any atom is 0.472 e. The van der Waals surface area contributed by atoms with Gasteiger partial charge >= 0.3 is 19.8 Å². The highest BCUT2D eigenvalue weighted by Gasteiger charge is 2.27. The van der Waals surface area contributed by atoms with Crippen LogP contribution in [-0.4, -0.2) is 74.9 Å². The van der Waals surface area contributed by atoms with Crippen molar-refractivity contribution >= 4 is 19.8 Å². The van der Waals surface area contributed by atoms with Crippen molar-refractivity contribution in [2.45, 2.75) is 341 Å². The third-order valence-electron chi connectivity index (χ3n) is 16.1. The number of allylic oxidation sites excluding steroid dienone is 16. The Balaban J connectivity index is 4.04. The molecule has 0 aromatic rings. The average Bonchev–Trinajstić information content (AvgIpc) is 3.57. The van der Waals surface area contributed by atoms with E-state index in [0.29, 0.717) is 17.4 Å². The van der Waals surface area contributed by atoms with E-state index in [1.54, 1.807) is 0 Å². The summed E-state index contributed by atoms with van der Waals surface area (Å²) in [7, 11) is 1.48. The van der Waals surface area contributed by atoms with Crippen LogP contribution in [0.4, 0.5) is 0 Å². The van der Waals surface area contributed by atoms with Crippen LogP contribution in [0.15, 0.2) is 97.2 Å². The molecule has 88 heavy (non-hydrogen) atoms. The van der Waals surface area contributed by atoms with Crippen molar-refractivity contribution in [3.63, 3.8) is 0 Å². The molecule has 0 rings (SSSR count). The van der Waals surface area contributed by atoms with E-state index in [-0.39, 0.29) is 32.0 Å². The van der Waals surface area contributed by atoms with Gasteiger partial charge in [-0.05, 0) is 77.0 Å². The van der Waals surface area contributed by atoms with Crippen molar-refractivity contribution in [2.75, 3.05) is 47.5 Å². The zero-order chi connectivity index (χ0) is 64.1. The van der Waals surface area contributed by atoms with Gasteiger partial charge in [0.15, 0.2) is 6.10 Å². The number of rotatable bonds is 68. The Morgan fingerprint density at radius 2 is 0.648 bits per heavy atom. The van der Waals surface area contributed by atoms with Crippen molar-refractivity contribution in [1.29, 1.82) is 0 Å². The second-order valence-electron chi connectivity index (χ2n) is 26.0. The second kappa shape index (κ2) is 68.3. The van der Waals surface area contributed by atoms with Crippen LogP contribution in [0.1, 0.15) is 335 Å². The first kappa shape index (κ1) is 84.9. The summed E-state index contributed by atoms with van der Waals surface area (Å²) >= 11 is 0. The fourth-order valence-corrected chi connectivity index (χ4v) is 11.2. The summed E-state index contributed by atoms with van der Waals surface area (Å²) in [6, 6.07) is 0. The molecular formula is C78H141NO8P+. The number of hydrogen-bond acceptors (Lipinski definition) is 7. The maximum absolute atomic E-state index is 12.9. The Kier molecular flexibility index (Phi) is 65.9. The Morgan fingerprint density at radius 3 is 0.966 bits per heavy atom. The molecule has 0 aromatic carbocycles. The summed E-state index contributed by atoms with van der Waals surface area (Å²) in [6.07, 6.45) is 95.2. The first-order chi connectivity index (χ1) is 43.0. The van der Waals surface area contributed by atoms with Gasteiger partial charge in [-0.25, -0.2) is 4.57 Å². The molecule has 0 radical (unpaired) electrons. The van der Waals surface area contributed by atoms with E-state index in [1.807, 2.05) is 21.1 Å². The van der Waals surface area contributed by atoms with Crippen LogP contribution in [0.5, 0.6) is 0 Å². The first-order valence-corrected chi connectivity index (χ1v) is 38.5. The zero-order valence-corrected chi connectivity index (χ0v) is 59.1. The van der Waals surface area contributed by atoms with Crippen molar-refractivity contribution in [2.24, 2.45) is 0 Å². The molecule has 0 saturated carbocycles. The largest absolute Gasteiger partial charge is 0.472 e. The number of carbonyl (C=O) groups excluding carboxylic acids is 2. The van der Waals surface area contributed by atoms with Crippen molar-refractivity contribution in [3.05, 3.63) is 97.2 Å². The Morgan fingerprint density at radius 1 is 0.364 bits per heavy atom. The summed E-state index contributed by atoms with van der Waals surface area (Å²) in [5.74, 6) is -0.792. The highest BCUT2D eigenvalue weighted by atomic mass is 31.2. The molecule has 0 bridgehead atoms. The lowest BCUT2D eigenvalue weighted by Crippen LogP contribution is -2.37. The number of unbranched alkanes of at least 4 members (excludes halogenated alkanes) is 38. The van der Waals surface area contributed by atoms with Gasteiger partial charge in [-0.1, -0.05) is 342 Å². The van der Waals surface area contributed by atoms with Gasteiger partial charge in [0.25, 0.3) is 0 Å². The van der Waals surface area contributed by atoms with E-state index in [0.717, 1.165) is 96.3 Å². The van der Waals surface area contributed by atoms with E-state index in [2.05, 4.69) is 111 Å². The second-order valence-corrected chi connectivity index (χ2v) is 27.4. The van der Waals surface area contributed by atoms with E-state index < -0.39 is 26.5 Å². The number of likely N-dealkylation sites (N-methyl/N-ethyl adjacent to an activating group) is 1. The van der Waals surface area contributed by atoms with Gasteiger partial charge in [0.05, 0.1) is 27.7 Å². The predicted molar refractivity (Wildman–Crippen MR) is 381 cm³/mol. The van der Waals surface area contributed by atoms with Gasteiger partial charge < -0.3 is 18.9 Å². The lowest BCUT2D eigenvalue weighted by Gasteiger charge is -2.24. The Labute approximate surface area is 544 Å². The quantitative estimate of drug-likeness (QED) is 0.0211. The van der Waals surface area contributed by atoms with Gasteiger partial charge in [0.1, 0.15) is 19.8 Å². The topological polar surface area (TPSA) is 108 Å². The number of ether oxygens (including phenoxy) is 2. The molecule has 10 heteroatoms. The maximum atomic E-state index is 12.9. The molecule has 1 N–H and O–H groups in total. The van der Waals surface area contributed by atoms with E-state index in [1.165, 1.54) is 205 Å². The van der Waals surface area contributed by atoms with Crippen LogP contribution in [0.2, 0.25) is 0 Å². The summed E-state index contributed by atoms with van der Waals surface area (Å²) in [5.41, 5.74) is 0. The fraction of sp³-hybridized carbons (Fsp3) is 0.769. The molecule has 0 aliphatic heterocycles. The third kappa shape index (κ3) is 72.0. The van der Waals surface area contributed by atoms with Gasteiger partial charge in [-0.3, -0.25) is 18.6 Å². The molecule has 0 aromatic heterocycles. The molecule has 0 aliphatic rings.